The van der Waals surface area contributed by atoms with Crippen LogP contribution in [0.25, 0.3) is 0 Å². The summed E-state index contributed by atoms with van der Waals surface area (Å²) in [6, 6.07) is 20.2. The molecule has 0 radical (unpaired) electrons. The molecule has 2 atom stereocenters. The summed E-state index contributed by atoms with van der Waals surface area (Å²) < 4.78 is 44.6. The molecule has 3 aromatic carbocycles. The van der Waals surface area contributed by atoms with Crippen molar-refractivity contribution in [2.45, 2.75) is 71.0 Å². The third kappa shape index (κ3) is 7.56. The van der Waals surface area contributed by atoms with Gasteiger partial charge < -0.3 is 14.6 Å². The number of carbonyl (C=O) groups is 1. The zero-order valence-corrected chi connectivity index (χ0v) is 28.6. The summed E-state index contributed by atoms with van der Waals surface area (Å²) in [5.41, 5.74) is 3.53. The maximum absolute atomic E-state index is 13.7. The van der Waals surface area contributed by atoms with Gasteiger partial charge >= 0.3 is 5.97 Å². The number of fused-ring (bicyclic) bond motifs is 1. The standard InChI is InChI=1S/C35H39N7O6S/c1-24-12-13-28(17-29(24)21-42-18-25(2)48-31-10-5-6-11-32(31)49(42,45)46)33(35(3,4)34(43)44)47-23-30-22-41(39-37-30)20-27-9-7-8-26(16-27)19-40-15-14-36-38-40/h5-17,22,25,33H,18-21,23H2,1-4H3,(H,43,44)/t25-,33?/m1/s1. The highest BCUT2D eigenvalue weighted by Gasteiger charge is 2.40. The van der Waals surface area contributed by atoms with Crippen LogP contribution in [0.1, 0.15) is 60.4 Å². The first-order chi connectivity index (χ1) is 23.4. The van der Waals surface area contributed by atoms with Crippen LogP contribution in [0.3, 0.4) is 0 Å². The average molecular weight is 686 g/mol. The van der Waals surface area contributed by atoms with E-state index in [-0.39, 0.29) is 30.7 Å². The second kappa shape index (κ2) is 13.9. The largest absolute Gasteiger partial charge is 0.488 e. The number of aliphatic carboxylic acids is 1. The molecule has 0 saturated carbocycles. The van der Waals surface area contributed by atoms with E-state index in [2.05, 4.69) is 26.7 Å². The summed E-state index contributed by atoms with van der Waals surface area (Å²) in [5, 5.41) is 26.7. The maximum Gasteiger partial charge on any atom is 0.312 e. The SMILES string of the molecule is Cc1ccc(C(OCc2cn(Cc3cccc(Cn4ccnn4)c3)nn2)C(C)(C)C(=O)O)cc1CN1C[C@@H](C)Oc2ccccc2S1(=O)=O. The summed E-state index contributed by atoms with van der Waals surface area (Å²) in [6.45, 7) is 8.29. The molecule has 13 nitrogen and oxygen atoms in total. The number of para-hydroxylation sites is 1. The number of hydrogen-bond donors (Lipinski definition) is 1. The van der Waals surface area contributed by atoms with E-state index in [0.29, 0.717) is 30.1 Å². The molecule has 49 heavy (non-hydrogen) atoms. The van der Waals surface area contributed by atoms with Crippen LogP contribution in [0.2, 0.25) is 0 Å². The molecular formula is C35H39N7O6S. The number of sulfonamides is 1. The normalized spacial score (nSPS) is 16.8. The van der Waals surface area contributed by atoms with E-state index in [1.807, 2.05) is 56.4 Å². The fourth-order valence-electron chi connectivity index (χ4n) is 5.90. The molecule has 3 heterocycles. The Morgan fingerprint density at radius 3 is 2.51 bits per heavy atom. The van der Waals surface area contributed by atoms with E-state index in [1.165, 1.54) is 4.31 Å². The zero-order chi connectivity index (χ0) is 34.8. The molecule has 0 aliphatic carbocycles. The first-order valence-corrected chi connectivity index (χ1v) is 17.4. The molecule has 0 amide bonds. The first kappa shape index (κ1) is 34.0. The van der Waals surface area contributed by atoms with Gasteiger partial charge in [-0.05, 0) is 67.6 Å². The smallest absolute Gasteiger partial charge is 0.312 e. The second-order valence-electron chi connectivity index (χ2n) is 12.9. The number of carboxylic acids is 1. The number of benzene rings is 3. The van der Waals surface area contributed by atoms with E-state index in [4.69, 9.17) is 9.47 Å². The minimum atomic E-state index is -3.86. The fraction of sp³-hybridized carbons (Fsp3) is 0.343. The van der Waals surface area contributed by atoms with E-state index < -0.39 is 27.5 Å². The maximum atomic E-state index is 13.7. The van der Waals surface area contributed by atoms with Gasteiger partial charge in [-0.15, -0.1) is 10.2 Å². The third-order valence-electron chi connectivity index (χ3n) is 8.62. The van der Waals surface area contributed by atoms with Crippen molar-refractivity contribution >= 4 is 16.0 Å². The van der Waals surface area contributed by atoms with Gasteiger partial charge in [0, 0.05) is 12.7 Å². The van der Waals surface area contributed by atoms with Gasteiger partial charge in [0.05, 0.1) is 50.2 Å². The molecule has 0 bridgehead atoms. The molecule has 0 spiro atoms. The highest BCUT2D eigenvalue weighted by atomic mass is 32.2. The van der Waals surface area contributed by atoms with Crippen LogP contribution < -0.4 is 4.74 Å². The number of aromatic nitrogens is 6. The van der Waals surface area contributed by atoms with Crippen molar-refractivity contribution in [3.05, 3.63) is 119 Å². The molecule has 6 rings (SSSR count). The van der Waals surface area contributed by atoms with Gasteiger partial charge in [-0.25, -0.2) is 17.8 Å². The highest BCUT2D eigenvalue weighted by molar-refractivity contribution is 7.89. The number of aryl methyl sites for hydroxylation is 1. The van der Waals surface area contributed by atoms with Crippen molar-refractivity contribution in [2.75, 3.05) is 6.54 Å². The molecule has 2 aromatic heterocycles. The summed E-state index contributed by atoms with van der Waals surface area (Å²) in [4.78, 5) is 12.6. The Labute approximate surface area is 285 Å². The molecule has 0 saturated heterocycles. The highest BCUT2D eigenvalue weighted by Crippen LogP contribution is 2.39. The summed E-state index contributed by atoms with van der Waals surface area (Å²) in [7, 11) is -3.86. The van der Waals surface area contributed by atoms with Crippen molar-refractivity contribution in [3.8, 4) is 5.75 Å². The Kier molecular flexibility index (Phi) is 9.63. The first-order valence-electron chi connectivity index (χ1n) is 15.9. The van der Waals surface area contributed by atoms with E-state index in [1.54, 1.807) is 59.9 Å². The van der Waals surface area contributed by atoms with Crippen molar-refractivity contribution in [1.82, 2.24) is 34.3 Å². The summed E-state index contributed by atoms with van der Waals surface area (Å²) in [6.07, 6.45) is 3.97. The van der Waals surface area contributed by atoms with Crippen LogP contribution in [0.5, 0.6) is 5.75 Å². The van der Waals surface area contributed by atoms with Crippen LogP contribution in [-0.4, -0.2) is 66.4 Å². The Balaban J connectivity index is 1.20. The van der Waals surface area contributed by atoms with Gasteiger partial charge in [0.25, 0.3) is 0 Å². The lowest BCUT2D eigenvalue weighted by molar-refractivity contribution is -0.158. The lowest BCUT2D eigenvalue weighted by Crippen LogP contribution is -2.36. The Bertz CT molecular complexity index is 2040. The second-order valence-corrected chi connectivity index (χ2v) is 14.8. The molecule has 1 N–H and O–H groups in total. The fourth-order valence-corrected chi connectivity index (χ4v) is 7.52. The number of nitrogens with zero attached hydrogens (tertiary/aromatic N) is 7. The quantitative estimate of drug-likeness (QED) is 0.197. The number of carboxylic acid groups (broad SMARTS) is 1. The molecule has 1 aliphatic rings. The molecule has 14 heteroatoms. The molecule has 1 unspecified atom stereocenters. The molecule has 1 aliphatic heterocycles. The Morgan fingerprint density at radius 2 is 1.78 bits per heavy atom. The van der Waals surface area contributed by atoms with Crippen molar-refractivity contribution < 1.29 is 27.8 Å². The van der Waals surface area contributed by atoms with Crippen LogP contribution in [-0.2, 0) is 45.8 Å². The van der Waals surface area contributed by atoms with Crippen LogP contribution in [0.4, 0.5) is 0 Å². The van der Waals surface area contributed by atoms with Gasteiger partial charge in [-0.3, -0.25) is 4.79 Å². The van der Waals surface area contributed by atoms with Gasteiger partial charge in [0.1, 0.15) is 22.4 Å². The van der Waals surface area contributed by atoms with Crippen LogP contribution in [0.15, 0.2) is 90.2 Å². The molecule has 5 aromatic rings. The van der Waals surface area contributed by atoms with Crippen molar-refractivity contribution in [3.63, 3.8) is 0 Å². The van der Waals surface area contributed by atoms with Gasteiger partial charge in [-0.1, -0.05) is 65.0 Å². The Hall–Kier alpha value is -4.92. The van der Waals surface area contributed by atoms with E-state index in [9.17, 15) is 18.3 Å². The van der Waals surface area contributed by atoms with Crippen LogP contribution >= 0.6 is 0 Å². The number of ether oxygens (including phenoxy) is 2. The Morgan fingerprint density at radius 1 is 1.02 bits per heavy atom. The summed E-state index contributed by atoms with van der Waals surface area (Å²) in [5.74, 6) is -0.708. The minimum Gasteiger partial charge on any atom is -0.488 e. The van der Waals surface area contributed by atoms with Crippen LogP contribution in [0, 0.1) is 12.3 Å². The third-order valence-corrected chi connectivity index (χ3v) is 10.5. The lowest BCUT2D eigenvalue weighted by atomic mass is 9.81. The average Bonchev–Trinajstić information content (AvgIpc) is 3.72. The molecule has 0 fully saturated rings. The van der Waals surface area contributed by atoms with E-state index >= 15 is 0 Å². The topological polar surface area (TPSA) is 155 Å². The number of rotatable bonds is 12. The lowest BCUT2D eigenvalue weighted by Gasteiger charge is -2.31. The summed E-state index contributed by atoms with van der Waals surface area (Å²) >= 11 is 0. The van der Waals surface area contributed by atoms with Crippen molar-refractivity contribution in [1.29, 1.82) is 0 Å². The molecular weight excluding hydrogens is 646 g/mol. The zero-order valence-electron chi connectivity index (χ0n) is 27.8. The van der Waals surface area contributed by atoms with Crippen molar-refractivity contribution in [2.24, 2.45) is 5.41 Å². The molecule has 256 valence electrons. The van der Waals surface area contributed by atoms with Gasteiger partial charge in [-0.2, -0.15) is 4.31 Å². The predicted octanol–water partition coefficient (Wildman–Crippen LogP) is 4.62. The van der Waals surface area contributed by atoms with E-state index in [0.717, 1.165) is 22.3 Å². The predicted molar refractivity (Wildman–Crippen MR) is 179 cm³/mol. The minimum absolute atomic E-state index is 0.0169. The number of hydrogen-bond acceptors (Lipinski definition) is 9. The monoisotopic (exact) mass is 685 g/mol. The van der Waals surface area contributed by atoms with Gasteiger partial charge in [0.2, 0.25) is 10.0 Å². The van der Waals surface area contributed by atoms with Gasteiger partial charge in [0.15, 0.2) is 0 Å².